The Hall–Kier alpha value is -2.15. The molecule has 0 atom stereocenters. The number of benzene rings is 1. The minimum absolute atomic E-state index is 0.237. The maximum Gasteiger partial charge on any atom is 0.265 e. The molecule has 0 bridgehead atoms. The van der Waals surface area contributed by atoms with Crippen molar-refractivity contribution in [2.75, 3.05) is 13.1 Å². The van der Waals surface area contributed by atoms with Crippen LogP contribution in [0.3, 0.4) is 0 Å². The summed E-state index contributed by atoms with van der Waals surface area (Å²) in [5.74, 6) is -0.839. The van der Waals surface area contributed by atoms with E-state index < -0.39 is 17.9 Å². The van der Waals surface area contributed by atoms with Crippen molar-refractivity contribution in [3.8, 4) is 0 Å². The van der Waals surface area contributed by atoms with Gasteiger partial charge in [-0.1, -0.05) is 18.2 Å². The van der Waals surface area contributed by atoms with Crippen molar-refractivity contribution in [3.05, 3.63) is 30.3 Å². The molecule has 1 saturated heterocycles. The van der Waals surface area contributed by atoms with Crippen LogP contribution in [0.5, 0.6) is 0 Å². The molecule has 110 valence electrons. The summed E-state index contributed by atoms with van der Waals surface area (Å²) < 4.78 is 0. The van der Waals surface area contributed by atoms with E-state index in [-0.39, 0.29) is 5.11 Å². The summed E-state index contributed by atoms with van der Waals surface area (Å²) in [6, 6.07) is 7.82. The van der Waals surface area contributed by atoms with Crippen LogP contribution in [0.1, 0.15) is 13.8 Å². The SMILES string of the molecule is CCN1C(=O)C(N=Nc2ccccc2)C(=O)N(CC)C1=S. The van der Waals surface area contributed by atoms with Gasteiger partial charge in [0.25, 0.3) is 11.8 Å². The molecule has 1 aromatic carbocycles. The molecule has 2 rings (SSSR count). The fraction of sp³-hybridized carbons (Fsp3) is 0.357. The average Bonchev–Trinajstić information content (AvgIpc) is 2.49. The number of amides is 2. The second-order valence-corrected chi connectivity index (χ2v) is 4.77. The van der Waals surface area contributed by atoms with Gasteiger partial charge in [0.15, 0.2) is 5.11 Å². The number of carbonyl (C=O) groups is 2. The number of likely N-dealkylation sites (N-methyl/N-ethyl adjacent to an activating group) is 2. The quantitative estimate of drug-likeness (QED) is 0.486. The first kappa shape index (κ1) is 15.2. The van der Waals surface area contributed by atoms with Gasteiger partial charge in [-0.15, -0.1) is 0 Å². The summed E-state index contributed by atoms with van der Waals surface area (Å²) in [6.45, 7) is 4.41. The Kier molecular flexibility index (Phi) is 4.74. The molecule has 1 aromatic rings. The second-order valence-electron chi connectivity index (χ2n) is 4.40. The van der Waals surface area contributed by atoms with Gasteiger partial charge < -0.3 is 0 Å². The van der Waals surface area contributed by atoms with Crippen LogP contribution in [-0.2, 0) is 9.59 Å². The van der Waals surface area contributed by atoms with Crippen molar-refractivity contribution >= 4 is 34.8 Å². The Morgan fingerprint density at radius 2 is 1.57 bits per heavy atom. The number of azo groups is 1. The molecule has 1 aliphatic rings. The van der Waals surface area contributed by atoms with Crippen LogP contribution in [0.15, 0.2) is 40.6 Å². The lowest BCUT2D eigenvalue weighted by atomic mass is 10.2. The third-order valence-corrected chi connectivity index (χ3v) is 3.58. The molecule has 2 amide bonds. The van der Waals surface area contributed by atoms with E-state index in [0.717, 1.165) is 0 Å². The van der Waals surface area contributed by atoms with E-state index in [1.807, 2.05) is 18.2 Å². The van der Waals surface area contributed by atoms with Crippen molar-refractivity contribution in [1.29, 1.82) is 0 Å². The van der Waals surface area contributed by atoms with E-state index in [9.17, 15) is 9.59 Å². The summed E-state index contributed by atoms with van der Waals surface area (Å²) in [4.78, 5) is 27.4. The van der Waals surface area contributed by atoms with Crippen molar-refractivity contribution in [1.82, 2.24) is 9.80 Å². The molecule has 0 N–H and O–H groups in total. The van der Waals surface area contributed by atoms with Crippen LogP contribution in [0.4, 0.5) is 5.69 Å². The topological polar surface area (TPSA) is 65.3 Å². The molecule has 7 heteroatoms. The first-order chi connectivity index (χ1) is 10.1. The number of rotatable bonds is 4. The van der Waals surface area contributed by atoms with Gasteiger partial charge >= 0.3 is 0 Å². The number of hydrogen-bond acceptors (Lipinski definition) is 5. The van der Waals surface area contributed by atoms with Gasteiger partial charge in [-0.3, -0.25) is 19.4 Å². The minimum Gasteiger partial charge on any atom is -0.287 e. The zero-order valence-electron chi connectivity index (χ0n) is 11.9. The Balaban J connectivity index is 2.28. The van der Waals surface area contributed by atoms with E-state index in [1.54, 1.807) is 26.0 Å². The molecule has 0 unspecified atom stereocenters. The van der Waals surface area contributed by atoms with Crippen LogP contribution in [0, 0.1) is 0 Å². The Morgan fingerprint density at radius 1 is 1.05 bits per heavy atom. The van der Waals surface area contributed by atoms with Crippen molar-refractivity contribution in [2.24, 2.45) is 10.2 Å². The van der Waals surface area contributed by atoms with E-state index in [4.69, 9.17) is 12.2 Å². The van der Waals surface area contributed by atoms with Crippen LogP contribution >= 0.6 is 12.2 Å². The predicted octanol–water partition coefficient (Wildman–Crippen LogP) is 2.13. The Labute approximate surface area is 128 Å². The predicted molar refractivity (Wildman–Crippen MR) is 82.1 cm³/mol. The van der Waals surface area contributed by atoms with Gasteiger partial charge in [-0.25, -0.2) is 0 Å². The van der Waals surface area contributed by atoms with Gasteiger partial charge in [0.1, 0.15) is 0 Å². The maximum atomic E-state index is 12.3. The lowest BCUT2D eigenvalue weighted by Gasteiger charge is -2.36. The van der Waals surface area contributed by atoms with Gasteiger partial charge in [0.05, 0.1) is 5.69 Å². The van der Waals surface area contributed by atoms with Crippen molar-refractivity contribution in [2.45, 2.75) is 19.9 Å². The average molecular weight is 304 g/mol. The van der Waals surface area contributed by atoms with E-state index in [0.29, 0.717) is 18.8 Å². The zero-order chi connectivity index (χ0) is 15.4. The molecule has 6 nitrogen and oxygen atoms in total. The Bertz CT molecular complexity index is 562. The molecule has 1 aliphatic heterocycles. The fourth-order valence-electron chi connectivity index (χ4n) is 2.04. The lowest BCUT2D eigenvalue weighted by molar-refractivity contribution is -0.142. The van der Waals surface area contributed by atoms with Gasteiger partial charge in [0, 0.05) is 13.1 Å². The molecular formula is C14H16N4O2S. The highest BCUT2D eigenvalue weighted by Crippen LogP contribution is 2.18. The van der Waals surface area contributed by atoms with Crippen LogP contribution in [0.2, 0.25) is 0 Å². The van der Waals surface area contributed by atoms with Crippen molar-refractivity contribution < 1.29 is 9.59 Å². The molecular weight excluding hydrogens is 288 g/mol. The summed E-state index contributed by atoms with van der Waals surface area (Å²) in [5.41, 5.74) is 0.595. The van der Waals surface area contributed by atoms with E-state index >= 15 is 0 Å². The number of nitrogens with zero attached hydrogens (tertiary/aromatic N) is 4. The molecule has 0 radical (unpaired) electrons. The Morgan fingerprint density at radius 3 is 2.05 bits per heavy atom. The first-order valence-corrected chi connectivity index (χ1v) is 7.13. The smallest absolute Gasteiger partial charge is 0.265 e. The number of carbonyl (C=O) groups excluding carboxylic acids is 2. The first-order valence-electron chi connectivity index (χ1n) is 6.72. The molecule has 1 fully saturated rings. The number of hydrogen-bond donors (Lipinski definition) is 0. The van der Waals surface area contributed by atoms with Gasteiger partial charge in [0.2, 0.25) is 6.04 Å². The summed E-state index contributed by atoms with van der Waals surface area (Å²) >= 11 is 5.17. The van der Waals surface area contributed by atoms with Crippen LogP contribution in [0.25, 0.3) is 0 Å². The van der Waals surface area contributed by atoms with E-state index in [2.05, 4.69) is 10.2 Å². The minimum atomic E-state index is -1.16. The van der Waals surface area contributed by atoms with E-state index in [1.165, 1.54) is 9.80 Å². The highest BCUT2D eigenvalue weighted by molar-refractivity contribution is 7.80. The second kappa shape index (κ2) is 6.53. The van der Waals surface area contributed by atoms with Crippen LogP contribution in [-0.4, -0.2) is 45.9 Å². The normalized spacial score (nSPS) is 17.1. The summed E-state index contributed by atoms with van der Waals surface area (Å²) in [6.07, 6.45) is 0. The third kappa shape index (κ3) is 2.97. The monoisotopic (exact) mass is 304 g/mol. The highest BCUT2D eigenvalue weighted by Gasteiger charge is 2.42. The van der Waals surface area contributed by atoms with Crippen LogP contribution < -0.4 is 0 Å². The molecule has 0 spiro atoms. The van der Waals surface area contributed by atoms with Crippen molar-refractivity contribution in [3.63, 3.8) is 0 Å². The molecule has 1 heterocycles. The highest BCUT2D eigenvalue weighted by atomic mass is 32.1. The zero-order valence-corrected chi connectivity index (χ0v) is 12.7. The molecule has 21 heavy (non-hydrogen) atoms. The third-order valence-electron chi connectivity index (χ3n) is 3.14. The van der Waals surface area contributed by atoms with Gasteiger partial charge in [-0.05, 0) is 38.2 Å². The van der Waals surface area contributed by atoms with Gasteiger partial charge in [-0.2, -0.15) is 10.2 Å². The number of thiocarbonyl (C=S) groups is 1. The fourth-order valence-corrected chi connectivity index (χ4v) is 2.47. The maximum absolute atomic E-state index is 12.3. The molecule has 0 aromatic heterocycles. The largest absolute Gasteiger partial charge is 0.287 e. The molecule has 0 saturated carbocycles. The lowest BCUT2D eigenvalue weighted by Crippen LogP contribution is -2.61. The summed E-state index contributed by atoms with van der Waals surface area (Å²) in [5, 5.41) is 8.15. The standard InChI is InChI=1S/C14H16N4O2S/c1-3-17-12(19)11(13(20)18(4-2)14(17)21)16-15-10-8-6-5-7-9-10/h5-9,11H,3-4H2,1-2H3. The molecule has 0 aliphatic carbocycles. The summed E-state index contributed by atoms with van der Waals surface area (Å²) in [7, 11) is 0.